The van der Waals surface area contributed by atoms with Gasteiger partial charge in [0.1, 0.15) is 23.0 Å². The first-order chi connectivity index (χ1) is 37.2. The summed E-state index contributed by atoms with van der Waals surface area (Å²) in [5.74, 6) is -2.62. The number of unbranched alkanes of at least 4 members (excludes halogenated alkanes) is 7. The quantitative estimate of drug-likeness (QED) is 0.0567. The average Bonchev–Trinajstić information content (AvgIpc) is 3.46. The molecule has 0 radical (unpaired) electrons. The van der Waals surface area contributed by atoms with Crippen LogP contribution in [0.1, 0.15) is 106 Å². The predicted molar refractivity (Wildman–Crippen MR) is 298 cm³/mol. The third-order valence-electron chi connectivity index (χ3n) is 12.1. The molecule has 0 aliphatic carbocycles. The molecule has 3 heterocycles. The molecule has 11 nitrogen and oxygen atoms in total. The molecule has 0 spiro atoms. The molecule has 80 heavy (non-hydrogen) atoms. The number of nitrogens with zero attached hydrogens (tertiary/aromatic N) is 5. The van der Waals surface area contributed by atoms with Gasteiger partial charge in [-0.15, -0.1) is 0 Å². The summed E-state index contributed by atoms with van der Waals surface area (Å²) in [5, 5.41) is 10.2. The second kappa shape index (κ2) is 28.8. The molecule has 0 saturated heterocycles. The van der Waals surface area contributed by atoms with Crippen LogP contribution in [0.4, 0.5) is 52.6 Å². The van der Waals surface area contributed by atoms with E-state index >= 15 is 0 Å². The number of hydrogen-bond donors (Lipinski definition) is 3. The van der Waals surface area contributed by atoms with Crippen LogP contribution in [-0.4, -0.2) is 42.6 Å². The molecule has 3 aromatic heterocycles. The van der Waals surface area contributed by atoms with Gasteiger partial charge in [0.25, 0.3) is 5.91 Å². The number of nitrogens with one attached hydrogen (secondary N) is 3. The Morgan fingerprint density at radius 2 is 0.925 bits per heavy atom. The molecule has 8 rings (SSSR count). The molecule has 8 aromatic rings. The molecule has 0 bridgehead atoms. The fourth-order valence-corrected chi connectivity index (χ4v) is 8.52. The topological polar surface area (TPSA) is 152 Å². The molecule has 420 valence electrons. The summed E-state index contributed by atoms with van der Waals surface area (Å²) in [6.07, 6.45) is 5.09. The molecular weight excluding hydrogens is 1090 g/mol. The van der Waals surface area contributed by atoms with E-state index in [1.807, 2.05) is 31.2 Å². The fourth-order valence-electron chi connectivity index (χ4n) is 8.09. The third kappa shape index (κ3) is 17.6. The number of aryl methyl sites for hydroxylation is 1. The van der Waals surface area contributed by atoms with E-state index in [9.17, 15) is 49.5 Å². The summed E-state index contributed by atoms with van der Waals surface area (Å²) in [5.41, 5.74) is 1.14. The van der Waals surface area contributed by atoms with Gasteiger partial charge in [-0.3, -0.25) is 24.4 Å². The Bertz CT molecular complexity index is 3240. The second-order valence-corrected chi connectivity index (χ2v) is 18.7. The van der Waals surface area contributed by atoms with Crippen LogP contribution in [0.5, 0.6) is 0 Å². The highest BCUT2D eigenvalue weighted by molar-refractivity contribution is 6.33. The number of rotatable bonds is 18. The molecule has 0 fully saturated rings. The van der Waals surface area contributed by atoms with Crippen molar-refractivity contribution < 1.29 is 49.5 Å². The standard InChI is InChI=1S/C34H32Cl2F6N6O2.C23H16F2N2O.2CH4/c35-25-13-11-21(33(37,38)39)15-23(25)27-17-45-29(19-43-27)47-31(49)9-7-5-3-1-2-4-6-8-10-32(50)48-30-20-44-28(18-46-30)24-16-22(34(40,41)42)12-14-26(24)36;1-14-11-15-5-2-3-6-16(15)12-18(14)17-9-10-21(26-13-17)27-23(28)22-19(24)7-4-8-20(22)25;;/h11-20H,1-10H2,(H,45,47,49)(H,46,48,50);2-13H,1H3,(H,26,27,28);2*1H4. The first-order valence-corrected chi connectivity index (χ1v) is 25.2. The Balaban J connectivity index is 0.000000331. The number of carbonyl (C=O) groups excluding carboxylic acids is 3. The van der Waals surface area contributed by atoms with Gasteiger partial charge in [0.05, 0.1) is 57.3 Å². The summed E-state index contributed by atoms with van der Waals surface area (Å²) >= 11 is 12.1. The van der Waals surface area contributed by atoms with Crippen molar-refractivity contribution in [3.8, 4) is 33.6 Å². The lowest BCUT2D eigenvalue weighted by atomic mass is 9.97. The van der Waals surface area contributed by atoms with Crippen molar-refractivity contribution in [2.75, 3.05) is 16.0 Å². The summed E-state index contributed by atoms with van der Waals surface area (Å²) in [6.45, 7) is 2.03. The molecule has 0 atom stereocenters. The number of aromatic nitrogens is 5. The van der Waals surface area contributed by atoms with Crippen LogP contribution in [0.25, 0.3) is 44.4 Å². The van der Waals surface area contributed by atoms with Crippen molar-refractivity contribution in [2.45, 2.75) is 98.3 Å². The minimum Gasteiger partial charge on any atom is -0.309 e. The second-order valence-electron chi connectivity index (χ2n) is 17.9. The maximum absolute atomic E-state index is 13.7. The Morgan fingerprint density at radius 1 is 0.475 bits per heavy atom. The molecule has 21 heteroatoms. The molecule has 0 aliphatic rings. The SMILES string of the molecule is C.C.Cc1cc2ccccc2cc1-c1ccc(NC(=O)c2c(F)cccc2F)nc1.O=C(CCCCCCCCCCC(=O)Nc1cnc(-c2cc(C(F)(F)F)ccc2Cl)cn1)Nc1cnc(-c2cc(C(F)(F)F)ccc2Cl)cn1. The number of alkyl halides is 6. The number of fused-ring (bicyclic) bond motifs is 1. The molecule has 0 unspecified atom stereocenters. The van der Waals surface area contributed by atoms with Crippen LogP contribution in [0.3, 0.4) is 0 Å². The van der Waals surface area contributed by atoms with Crippen molar-refractivity contribution in [3.05, 3.63) is 178 Å². The Morgan fingerprint density at radius 3 is 1.35 bits per heavy atom. The van der Waals surface area contributed by atoms with Crippen LogP contribution in [-0.2, 0) is 21.9 Å². The number of anilines is 3. The molecule has 0 aliphatic heterocycles. The maximum atomic E-state index is 13.7. The van der Waals surface area contributed by atoms with Gasteiger partial charge in [-0.2, -0.15) is 26.3 Å². The van der Waals surface area contributed by atoms with E-state index in [1.54, 1.807) is 12.3 Å². The highest BCUT2D eigenvalue weighted by atomic mass is 35.5. The lowest BCUT2D eigenvalue weighted by Gasteiger charge is -2.10. The number of benzene rings is 5. The van der Waals surface area contributed by atoms with Crippen LogP contribution in [0, 0.1) is 18.6 Å². The van der Waals surface area contributed by atoms with Gasteiger partial charge in [0.2, 0.25) is 11.8 Å². The monoisotopic (exact) mass is 1150 g/mol. The van der Waals surface area contributed by atoms with E-state index in [2.05, 4.69) is 59.1 Å². The first kappa shape index (κ1) is 62.9. The van der Waals surface area contributed by atoms with E-state index in [-0.39, 0.29) is 89.5 Å². The number of carbonyl (C=O) groups is 3. The van der Waals surface area contributed by atoms with Crippen molar-refractivity contribution >= 4 is 69.1 Å². The average molecular weight is 1150 g/mol. The van der Waals surface area contributed by atoms with Gasteiger partial charge in [-0.05, 0) is 108 Å². The summed E-state index contributed by atoms with van der Waals surface area (Å²) in [4.78, 5) is 57.3. The lowest BCUT2D eigenvalue weighted by Crippen LogP contribution is -2.16. The van der Waals surface area contributed by atoms with Crippen molar-refractivity contribution in [2.24, 2.45) is 0 Å². The number of halogens is 10. The largest absolute Gasteiger partial charge is 0.416 e. The van der Waals surface area contributed by atoms with Crippen molar-refractivity contribution in [1.82, 2.24) is 24.9 Å². The van der Waals surface area contributed by atoms with E-state index in [1.165, 1.54) is 30.9 Å². The van der Waals surface area contributed by atoms with Crippen LogP contribution < -0.4 is 16.0 Å². The first-order valence-electron chi connectivity index (χ1n) is 24.4. The minimum atomic E-state index is -4.53. The predicted octanol–water partition coefficient (Wildman–Crippen LogP) is 17.4. The molecule has 3 N–H and O–H groups in total. The zero-order valence-electron chi connectivity index (χ0n) is 41.5. The fraction of sp³-hybridized carbons (Fsp3) is 0.254. The smallest absolute Gasteiger partial charge is 0.309 e. The zero-order valence-corrected chi connectivity index (χ0v) is 43.0. The minimum absolute atomic E-state index is 0. The third-order valence-corrected chi connectivity index (χ3v) is 12.8. The molecule has 0 saturated carbocycles. The number of hydrogen-bond acceptors (Lipinski definition) is 8. The van der Waals surface area contributed by atoms with Gasteiger partial charge in [-0.25, -0.2) is 23.7 Å². The summed E-state index contributed by atoms with van der Waals surface area (Å²) < 4.78 is 106. The Hall–Kier alpha value is -7.90. The van der Waals surface area contributed by atoms with Crippen molar-refractivity contribution in [1.29, 1.82) is 0 Å². The highest BCUT2D eigenvalue weighted by Crippen LogP contribution is 2.37. The Kier molecular flexibility index (Phi) is 22.7. The van der Waals surface area contributed by atoms with Crippen molar-refractivity contribution in [3.63, 3.8) is 0 Å². The number of amides is 3. The summed E-state index contributed by atoms with van der Waals surface area (Å²) in [7, 11) is 0. The normalized spacial score (nSPS) is 11.1. The summed E-state index contributed by atoms with van der Waals surface area (Å²) in [6, 6.07) is 24.9. The molecule has 3 amide bonds. The highest BCUT2D eigenvalue weighted by Gasteiger charge is 2.32. The molecular formula is C59H56Cl2F8N8O3. The maximum Gasteiger partial charge on any atom is 0.416 e. The van der Waals surface area contributed by atoms with Gasteiger partial charge < -0.3 is 16.0 Å². The van der Waals surface area contributed by atoms with Crippen LogP contribution >= 0.6 is 23.2 Å². The van der Waals surface area contributed by atoms with Gasteiger partial charge >= 0.3 is 12.4 Å². The molecule has 5 aromatic carbocycles. The van der Waals surface area contributed by atoms with E-state index in [0.717, 1.165) is 115 Å². The van der Waals surface area contributed by atoms with E-state index in [0.29, 0.717) is 12.8 Å². The number of pyridine rings is 1. The van der Waals surface area contributed by atoms with Gasteiger partial charge in [-0.1, -0.05) is 113 Å². The van der Waals surface area contributed by atoms with E-state index in [4.69, 9.17) is 23.2 Å². The lowest BCUT2D eigenvalue weighted by molar-refractivity contribution is -0.138. The Labute approximate surface area is 467 Å². The van der Waals surface area contributed by atoms with Gasteiger partial charge in [0.15, 0.2) is 11.6 Å². The van der Waals surface area contributed by atoms with Gasteiger partial charge in [0, 0.05) is 35.7 Å². The van der Waals surface area contributed by atoms with Crippen LogP contribution in [0.15, 0.2) is 134 Å². The zero-order chi connectivity index (χ0) is 56.0. The van der Waals surface area contributed by atoms with E-state index < -0.39 is 46.6 Å². The van der Waals surface area contributed by atoms with Crippen LogP contribution in [0.2, 0.25) is 10.0 Å².